The molecule has 0 radical (unpaired) electrons. The standard InChI is InChI=1S/C22H32N2O2S2/c1-15(11-18-12-17-5-8-20(17)18)9-10-23-21(25)13-24-22(27)28-14-16-3-6-19(26-2)7-4-16/h3-4,6-7,15,17-18,20H,5,8-14H2,1-2H3,(H,23,25)(H,24,27). The fraction of sp³-hybridized carbons (Fsp3) is 0.636. The molecule has 0 spiro atoms. The number of nitrogens with one attached hydrogen (secondary N) is 2. The maximum atomic E-state index is 12.0. The summed E-state index contributed by atoms with van der Waals surface area (Å²) in [6.45, 7) is 3.32. The third kappa shape index (κ3) is 6.11. The largest absolute Gasteiger partial charge is 0.497 e. The maximum absolute atomic E-state index is 12.0. The Morgan fingerprint density at radius 2 is 2.07 bits per heavy atom. The van der Waals surface area contributed by atoms with E-state index in [1.807, 2.05) is 24.3 Å². The van der Waals surface area contributed by atoms with Crippen LogP contribution in [0.15, 0.2) is 24.3 Å². The monoisotopic (exact) mass is 420 g/mol. The van der Waals surface area contributed by atoms with Gasteiger partial charge < -0.3 is 15.4 Å². The highest BCUT2D eigenvalue weighted by molar-refractivity contribution is 8.22. The Morgan fingerprint density at radius 3 is 2.68 bits per heavy atom. The van der Waals surface area contributed by atoms with E-state index in [1.165, 1.54) is 43.0 Å². The molecule has 0 aromatic heterocycles. The van der Waals surface area contributed by atoms with E-state index in [1.54, 1.807) is 7.11 Å². The van der Waals surface area contributed by atoms with Crippen molar-refractivity contribution in [1.29, 1.82) is 0 Å². The lowest BCUT2D eigenvalue weighted by atomic mass is 9.52. The molecule has 1 aromatic rings. The minimum absolute atomic E-state index is 0.0160. The zero-order valence-corrected chi connectivity index (χ0v) is 18.5. The van der Waals surface area contributed by atoms with Gasteiger partial charge in [-0.2, -0.15) is 0 Å². The van der Waals surface area contributed by atoms with Crippen molar-refractivity contribution in [3.8, 4) is 5.75 Å². The minimum atomic E-state index is 0.0160. The minimum Gasteiger partial charge on any atom is -0.497 e. The topological polar surface area (TPSA) is 50.4 Å². The smallest absolute Gasteiger partial charge is 0.239 e. The summed E-state index contributed by atoms with van der Waals surface area (Å²) in [5, 5.41) is 6.05. The molecule has 0 saturated heterocycles. The Morgan fingerprint density at radius 1 is 1.29 bits per heavy atom. The van der Waals surface area contributed by atoms with Gasteiger partial charge in [0.2, 0.25) is 5.91 Å². The molecule has 0 heterocycles. The summed E-state index contributed by atoms with van der Waals surface area (Å²) >= 11 is 6.85. The summed E-state index contributed by atoms with van der Waals surface area (Å²) in [4.78, 5) is 12.0. The van der Waals surface area contributed by atoms with Crippen LogP contribution in [0.4, 0.5) is 0 Å². The number of methoxy groups -OCH3 is 1. The van der Waals surface area contributed by atoms with E-state index in [0.717, 1.165) is 42.2 Å². The third-order valence-electron chi connectivity index (χ3n) is 6.27. The van der Waals surface area contributed by atoms with Gasteiger partial charge in [0.1, 0.15) is 10.1 Å². The van der Waals surface area contributed by atoms with Crippen molar-refractivity contribution in [1.82, 2.24) is 10.6 Å². The van der Waals surface area contributed by atoms with Crippen molar-refractivity contribution < 1.29 is 9.53 Å². The number of carbonyl (C=O) groups is 1. The van der Waals surface area contributed by atoms with Crippen molar-refractivity contribution in [3.63, 3.8) is 0 Å². The Balaban J connectivity index is 1.21. The second kappa shape index (κ2) is 10.5. The molecule has 154 valence electrons. The van der Waals surface area contributed by atoms with Crippen molar-refractivity contribution in [3.05, 3.63) is 29.8 Å². The van der Waals surface area contributed by atoms with Crippen molar-refractivity contribution in [2.75, 3.05) is 20.2 Å². The van der Waals surface area contributed by atoms with Crippen molar-refractivity contribution in [2.24, 2.45) is 23.7 Å². The lowest BCUT2D eigenvalue weighted by Gasteiger charge is -2.54. The molecule has 2 saturated carbocycles. The van der Waals surface area contributed by atoms with Gasteiger partial charge in [0, 0.05) is 12.3 Å². The lowest BCUT2D eigenvalue weighted by Crippen LogP contribution is -2.45. The fourth-order valence-electron chi connectivity index (χ4n) is 4.38. The molecule has 3 rings (SSSR count). The molecular weight excluding hydrogens is 388 g/mol. The molecule has 0 aliphatic heterocycles. The molecule has 2 N–H and O–H groups in total. The maximum Gasteiger partial charge on any atom is 0.239 e. The summed E-state index contributed by atoms with van der Waals surface area (Å²) < 4.78 is 5.81. The Kier molecular flexibility index (Phi) is 8.03. The van der Waals surface area contributed by atoms with Crippen LogP contribution in [0.1, 0.15) is 44.6 Å². The summed E-state index contributed by atoms with van der Waals surface area (Å²) in [5.74, 6) is 5.40. The number of hydrogen-bond donors (Lipinski definition) is 2. The summed E-state index contributed by atoms with van der Waals surface area (Å²) in [6, 6.07) is 7.93. The number of benzene rings is 1. The number of thiocarbonyl (C=S) groups is 1. The van der Waals surface area contributed by atoms with Crippen LogP contribution in [-0.2, 0) is 10.5 Å². The predicted molar refractivity (Wildman–Crippen MR) is 121 cm³/mol. The van der Waals surface area contributed by atoms with Crippen LogP contribution in [-0.4, -0.2) is 30.4 Å². The Labute approximate surface area is 178 Å². The van der Waals surface area contributed by atoms with Crippen LogP contribution in [0.5, 0.6) is 5.75 Å². The summed E-state index contributed by atoms with van der Waals surface area (Å²) in [7, 11) is 1.66. The van der Waals surface area contributed by atoms with Crippen LogP contribution in [0, 0.1) is 23.7 Å². The van der Waals surface area contributed by atoms with Crippen LogP contribution >= 0.6 is 24.0 Å². The quantitative estimate of drug-likeness (QED) is 0.550. The first-order valence-electron chi connectivity index (χ1n) is 10.4. The first kappa shape index (κ1) is 21.4. The van der Waals surface area contributed by atoms with E-state index in [2.05, 4.69) is 17.6 Å². The SMILES string of the molecule is COc1ccc(CSC(=S)NCC(=O)NCCC(C)CC2CC3CCC32)cc1. The molecule has 2 aliphatic rings. The molecular formula is C22H32N2O2S2. The second-order valence-electron chi connectivity index (χ2n) is 8.25. The molecule has 4 atom stereocenters. The number of hydrogen-bond acceptors (Lipinski definition) is 4. The molecule has 2 aliphatic carbocycles. The average molecular weight is 421 g/mol. The number of carbonyl (C=O) groups excluding carboxylic acids is 1. The van der Waals surface area contributed by atoms with Gasteiger partial charge in [0.15, 0.2) is 0 Å². The van der Waals surface area contributed by atoms with Gasteiger partial charge in [0.05, 0.1) is 13.7 Å². The summed E-state index contributed by atoms with van der Waals surface area (Å²) in [6.07, 6.45) is 6.79. The van der Waals surface area contributed by atoms with E-state index in [9.17, 15) is 4.79 Å². The third-order valence-corrected chi connectivity index (χ3v) is 7.66. The number of thioether (sulfide) groups is 1. The van der Waals surface area contributed by atoms with Gasteiger partial charge in [-0.1, -0.05) is 43.0 Å². The molecule has 4 unspecified atom stereocenters. The number of ether oxygens (including phenoxy) is 1. The van der Waals surface area contributed by atoms with Crippen molar-refractivity contribution in [2.45, 2.75) is 44.8 Å². The van der Waals surface area contributed by atoms with Gasteiger partial charge in [-0.25, -0.2) is 0 Å². The van der Waals surface area contributed by atoms with Crippen LogP contribution in [0.3, 0.4) is 0 Å². The van der Waals surface area contributed by atoms with E-state index in [-0.39, 0.29) is 12.5 Å². The van der Waals surface area contributed by atoms with Gasteiger partial charge in [0.25, 0.3) is 0 Å². The van der Waals surface area contributed by atoms with E-state index in [0.29, 0.717) is 10.2 Å². The first-order valence-corrected chi connectivity index (χ1v) is 11.7. The van der Waals surface area contributed by atoms with E-state index >= 15 is 0 Å². The zero-order chi connectivity index (χ0) is 19.9. The van der Waals surface area contributed by atoms with Gasteiger partial charge in [-0.05, 0) is 73.5 Å². The molecule has 28 heavy (non-hydrogen) atoms. The number of amides is 1. The zero-order valence-electron chi connectivity index (χ0n) is 16.9. The van der Waals surface area contributed by atoms with Crippen molar-refractivity contribution >= 4 is 34.2 Å². The Bertz CT molecular complexity index is 665. The fourth-order valence-corrected chi connectivity index (χ4v) is 5.29. The van der Waals surface area contributed by atoms with Crippen LogP contribution in [0.25, 0.3) is 0 Å². The van der Waals surface area contributed by atoms with Crippen LogP contribution in [0.2, 0.25) is 0 Å². The predicted octanol–water partition coefficient (Wildman–Crippen LogP) is 4.38. The lowest BCUT2D eigenvalue weighted by molar-refractivity contribution is -0.120. The molecule has 1 amide bonds. The highest BCUT2D eigenvalue weighted by Gasteiger charge is 2.46. The second-order valence-corrected chi connectivity index (χ2v) is 9.91. The average Bonchev–Trinajstić information content (AvgIpc) is 2.68. The van der Waals surface area contributed by atoms with E-state index in [4.69, 9.17) is 17.0 Å². The van der Waals surface area contributed by atoms with Gasteiger partial charge in [-0.3, -0.25) is 4.79 Å². The molecule has 1 aromatic carbocycles. The van der Waals surface area contributed by atoms with Crippen LogP contribution < -0.4 is 15.4 Å². The molecule has 2 fully saturated rings. The highest BCUT2D eigenvalue weighted by Crippen LogP contribution is 2.56. The van der Waals surface area contributed by atoms with E-state index < -0.39 is 0 Å². The molecule has 4 nitrogen and oxygen atoms in total. The van der Waals surface area contributed by atoms with Gasteiger partial charge >= 0.3 is 0 Å². The normalized spacial score (nSPS) is 23.6. The summed E-state index contributed by atoms with van der Waals surface area (Å²) in [5.41, 5.74) is 1.17. The Hall–Kier alpha value is -1.27. The number of rotatable bonds is 10. The number of fused-ring (bicyclic) bond motifs is 1. The molecule has 0 bridgehead atoms. The first-order chi connectivity index (χ1) is 13.5. The highest BCUT2D eigenvalue weighted by atomic mass is 32.2. The molecule has 6 heteroatoms. The van der Waals surface area contributed by atoms with Gasteiger partial charge in [-0.15, -0.1) is 0 Å².